The van der Waals surface area contributed by atoms with Crippen LogP contribution < -0.4 is 0 Å². The van der Waals surface area contributed by atoms with Crippen molar-refractivity contribution in [2.75, 3.05) is 0 Å². The zero-order valence-corrected chi connectivity index (χ0v) is 11.2. The van der Waals surface area contributed by atoms with Crippen LogP contribution in [0.5, 0.6) is 0 Å². The number of hydrogen-bond acceptors (Lipinski definition) is 0. The van der Waals surface area contributed by atoms with E-state index in [4.69, 9.17) is 0 Å². The van der Waals surface area contributed by atoms with Crippen LogP contribution in [0.1, 0.15) is 5.56 Å². The Labute approximate surface area is 115 Å². The van der Waals surface area contributed by atoms with Crippen molar-refractivity contribution in [3.8, 4) is 0 Å². The molecule has 0 atom stereocenters. The van der Waals surface area contributed by atoms with Crippen LogP contribution in [0.4, 0.5) is 0 Å². The SMILES string of the molecule is Cc1cc2ccccc2[cH-]1.[V+2].[c-]1ccccc1. The largest absolute Gasteiger partial charge is 2.00 e. The molecule has 0 aliphatic rings. The van der Waals surface area contributed by atoms with E-state index >= 15 is 0 Å². The number of aryl methyl sites for hydroxylation is 1. The molecule has 0 amide bonds. The molecule has 0 N–H and O–H groups in total. The van der Waals surface area contributed by atoms with Gasteiger partial charge in [-0.2, -0.15) is 42.5 Å². The van der Waals surface area contributed by atoms with Gasteiger partial charge in [0.15, 0.2) is 0 Å². The molecule has 0 heterocycles. The number of fused-ring (bicyclic) bond motifs is 1. The maximum Gasteiger partial charge on any atom is 2.00 e. The van der Waals surface area contributed by atoms with Crippen LogP contribution in [0, 0.1) is 13.0 Å². The van der Waals surface area contributed by atoms with E-state index in [0.29, 0.717) is 0 Å². The maximum absolute atomic E-state index is 2.89. The molecule has 0 aromatic heterocycles. The first kappa shape index (κ1) is 13.7. The third-order valence-electron chi connectivity index (χ3n) is 2.37. The van der Waals surface area contributed by atoms with Crippen molar-refractivity contribution in [2.24, 2.45) is 0 Å². The van der Waals surface area contributed by atoms with Crippen molar-refractivity contribution < 1.29 is 18.6 Å². The standard InChI is InChI=1S/C10H9.C6H5.V/c1-8-6-9-4-2-3-5-10(9)7-8;1-2-4-6-5-3-1;/h2-7H,1H3;1-5H;/q2*-1;+2. The quantitative estimate of drug-likeness (QED) is 0.525. The second kappa shape index (κ2) is 7.06. The van der Waals surface area contributed by atoms with Gasteiger partial charge in [-0.25, -0.2) is 0 Å². The fourth-order valence-electron chi connectivity index (χ4n) is 1.65. The van der Waals surface area contributed by atoms with Crippen molar-refractivity contribution in [2.45, 2.75) is 6.92 Å². The van der Waals surface area contributed by atoms with Crippen molar-refractivity contribution in [3.63, 3.8) is 0 Å². The average Bonchev–Trinajstić information content (AvgIpc) is 2.72. The number of benzene rings is 2. The molecule has 0 unspecified atom stereocenters. The van der Waals surface area contributed by atoms with Gasteiger partial charge >= 0.3 is 18.6 Å². The van der Waals surface area contributed by atoms with E-state index in [-0.39, 0.29) is 18.6 Å². The third-order valence-corrected chi connectivity index (χ3v) is 2.37. The van der Waals surface area contributed by atoms with Gasteiger partial charge in [-0.1, -0.05) is 13.0 Å². The van der Waals surface area contributed by atoms with Gasteiger partial charge in [0.25, 0.3) is 0 Å². The van der Waals surface area contributed by atoms with Crippen LogP contribution in [0.2, 0.25) is 0 Å². The van der Waals surface area contributed by atoms with Crippen LogP contribution in [-0.4, -0.2) is 0 Å². The Balaban J connectivity index is 0.000000180. The Bertz CT molecular complexity index is 478. The van der Waals surface area contributed by atoms with Crippen LogP contribution in [0.15, 0.2) is 66.7 Å². The van der Waals surface area contributed by atoms with E-state index in [9.17, 15) is 0 Å². The molecule has 3 rings (SSSR count). The van der Waals surface area contributed by atoms with Crippen LogP contribution in [0.25, 0.3) is 10.8 Å². The molecule has 83 valence electrons. The molecule has 0 saturated carbocycles. The predicted molar refractivity (Wildman–Crippen MR) is 69.6 cm³/mol. The molecule has 0 spiro atoms. The van der Waals surface area contributed by atoms with E-state index in [1.807, 2.05) is 30.3 Å². The zero-order chi connectivity index (χ0) is 11.2. The topological polar surface area (TPSA) is 0 Å². The first-order valence-electron chi connectivity index (χ1n) is 5.39. The normalized spacial score (nSPS) is 9.00. The van der Waals surface area contributed by atoms with Gasteiger partial charge in [0.1, 0.15) is 0 Å². The summed E-state index contributed by atoms with van der Waals surface area (Å²) in [6, 6.07) is 25.3. The fraction of sp³-hybridized carbons (Fsp3) is 0.0625. The van der Waals surface area contributed by atoms with Gasteiger partial charge in [0.05, 0.1) is 0 Å². The first-order valence-corrected chi connectivity index (χ1v) is 5.39. The summed E-state index contributed by atoms with van der Waals surface area (Å²) in [5.74, 6) is 0. The molecule has 1 radical (unpaired) electrons. The summed E-state index contributed by atoms with van der Waals surface area (Å²) >= 11 is 0. The summed E-state index contributed by atoms with van der Waals surface area (Å²) in [6.07, 6.45) is 0. The summed E-state index contributed by atoms with van der Waals surface area (Å²) in [7, 11) is 0. The van der Waals surface area contributed by atoms with Crippen molar-refractivity contribution in [1.29, 1.82) is 0 Å². The third kappa shape index (κ3) is 4.18. The van der Waals surface area contributed by atoms with E-state index in [0.717, 1.165) is 0 Å². The van der Waals surface area contributed by atoms with E-state index < -0.39 is 0 Å². The Morgan fingerprint density at radius 1 is 0.941 bits per heavy atom. The van der Waals surface area contributed by atoms with Crippen LogP contribution in [0.3, 0.4) is 0 Å². The minimum atomic E-state index is 0. The number of hydrogen-bond donors (Lipinski definition) is 0. The first-order chi connectivity index (χ1) is 7.86. The van der Waals surface area contributed by atoms with Gasteiger partial charge in [0.2, 0.25) is 0 Å². The summed E-state index contributed by atoms with van der Waals surface area (Å²) in [6.45, 7) is 2.12. The summed E-state index contributed by atoms with van der Waals surface area (Å²) in [4.78, 5) is 0. The van der Waals surface area contributed by atoms with Crippen molar-refractivity contribution >= 4 is 10.8 Å². The molecule has 0 fully saturated rings. The average molecular weight is 257 g/mol. The summed E-state index contributed by atoms with van der Waals surface area (Å²) in [5, 5.41) is 2.69. The van der Waals surface area contributed by atoms with Gasteiger partial charge in [0, 0.05) is 0 Å². The maximum atomic E-state index is 2.89. The Kier molecular flexibility index (Phi) is 5.69. The van der Waals surface area contributed by atoms with Crippen molar-refractivity contribution in [1.82, 2.24) is 0 Å². The van der Waals surface area contributed by atoms with Gasteiger partial charge in [-0.05, 0) is 0 Å². The molecule has 3 aromatic carbocycles. The molecule has 0 aliphatic carbocycles. The smallest absolute Gasteiger partial charge is 0.184 e. The minimum absolute atomic E-state index is 0. The molecule has 3 aromatic rings. The van der Waals surface area contributed by atoms with Gasteiger partial charge in [-0.3, -0.25) is 0 Å². The van der Waals surface area contributed by atoms with Crippen molar-refractivity contribution in [3.05, 3.63) is 78.4 Å². The Hall–Kier alpha value is -1.37. The summed E-state index contributed by atoms with van der Waals surface area (Å²) in [5.41, 5.74) is 1.35. The van der Waals surface area contributed by atoms with E-state index in [1.165, 1.54) is 16.3 Å². The second-order valence-corrected chi connectivity index (χ2v) is 3.74. The van der Waals surface area contributed by atoms with E-state index in [2.05, 4.69) is 49.4 Å². The molecular weight excluding hydrogens is 243 g/mol. The summed E-state index contributed by atoms with van der Waals surface area (Å²) < 4.78 is 0. The molecule has 0 bridgehead atoms. The van der Waals surface area contributed by atoms with Crippen LogP contribution in [-0.2, 0) is 18.6 Å². The number of rotatable bonds is 0. The minimum Gasteiger partial charge on any atom is -0.184 e. The molecule has 0 saturated heterocycles. The Morgan fingerprint density at radius 2 is 1.65 bits per heavy atom. The molecule has 0 nitrogen and oxygen atoms in total. The zero-order valence-electron chi connectivity index (χ0n) is 9.80. The molecular formula is C16H14V. The predicted octanol–water partition coefficient (Wildman–Crippen LogP) is 4.35. The second-order valence-electron chi connectivity index (χ2n) is 3.74. The van der Waals surface area contributed by atoms with Crippen LogP contribution >= 0.6 is 0 Å². The fourth-order valence-corrected chi connectivity index (χ4v) is 1.65. The Morgan fingerprint density at radius 3 is 2.18 bits per heavy atom. The molecule has 0 aliphatic heterocycles. The monoisotopic (exact) mass is 257 g/mol. The van der Waals surface area contributed by atoms with E-state index in [1.54, 1.807) is 0 Å². The molecule has 1 heteroatoms. The van der Waals surface area contributed by atoms with Gasteiger partial charge < -0.3 is 0 Å². The van der Waals surface area contributed by atoms with Gasteiger partial charge in [-0.15, -0.1) is 40.6 Å². The molecule has 17 heavy (non-hydrogen) atoms.